The van der Waals surface area contributed by atoms with Gasteiger partial charge in [0, 0.05) is 49.2 Å². The zero-order valence-electron chi connectivity index (χ0n) is 20.0. The minimum atomic E-state index is -4.40. The van der Waals surface area contributed by atoms with Crippen LogP contribution in [0.5, 0.6) is 0 Å². The highest BCUT2D eigenvalue weighted by molar-refractivity contribution is 5.88. The molecule has 3 heterocycles. The summed E-state index contributed by atoms with van der Waals surface area (Å²) in [4.78, 5) is 18.3. The highest BCUT2D eigenvalue weighted by atomic mass is 19.4. The largest absolute Gasteiger partial charge is 0.417 e. The lowest BCUT2D eigenvalue weighted by molar-refractivity contribution is -0.137. The van der Waals surface area contributed by atoms with Crippen LogP contribution in [0.3, 0.4) is 0 Å². The number of aldehydes is 1. The maximum absolute atomic E-state index is 12.9. The number of nitrogens with one attached hydrogen (secondary N) is 1. The lowest BCUT2D eigenvalue weighted by Gasteiger charge is -2.47. The van der Waals surface area contributed by atoms with E-state index >= 15 is 0 Å². The van der Waals surface area contributed by atoms with Gasteiger partial charge in [-0.25, -0.2) is 4.98 Å². The highest BCUT2D eigenvalue weighted by Crippen LogP contribution is 2.36. The van der Waals surface area contributed by atoms with Crippen molar-refractivity contribution in [2.24, 2.45) is 7.05 Å². The summed E-state index contributed by atoms with van der Waals surface area (Å²) in [7, 11) is 1.85. The van der Waals surface area contributed by atoms with Crippen LogP contribution in [0.1, 0.15) is 54.1 Å². The summed E-state index contributed by atoms with van der Waals surface area (Å²) in [5.41, 5.74) is 2.52. The van der Waals surface area contributed by atoms with Crippen LogP contribution in [-0.4, -0.2) is 44.6 Å². The van der Waals surface area contributed by atoms with Gasteiger partial charge in [0.25, 0.3) is 0 Å². The number of anilines is 1. The van der Waals surface area contributed by atoms with E-state index in [-0.39, 0.29) is 5.54 Å². The van der Waals surface area contributed by atoms with E-state index in [1.165, 1.54) is 6.07 Å². The molecule has 0 spiro atoms. The van der Waals surface area contributed by atoms with Gasteiger partial charge in [-0.15, -0.1) is 0 Å². The molecule has 1 atom stereocenters. The molecule has 1 fully saturated rings. The highest BCUT2D eigenvalue weighted by Gasteiger charge is 2.38. The molecule has 186 valence electrons. The summed E-state index contributed by atoms with van der Waals surface area (Å²) in [6.07, 6.45) is 5.00. The van der Waals surface area contributed by atoms with E-state index < -0.39 is 11.7 Å². The zero-order chi connectivity index (χ0) is 25.1. The Morgan fingerprint density at radius 2 is 2.00 bits per heavy atom. The SMILES string of the molecule is CCC1(CNc2ccc(C(F)(F)F)cn2)CCCCN1Cc1cccc(C=O)c1-c1cnn(C)c1. The smallest absolute Gasteiger partial charge is 0.368 e. The molecule has 2 aromatic heterocycles. The molecule has 1 unspecified atom stereocenters. The molecule has 6 nitrogen and oxygen atoms in total. The van der Waals surface area contributed by atoms with E-state index in [9.17, 15) is 18.0 Å². The fraction of sp³-hybridized carbons (Fsp3) is 0.423. The van der Waals surface area contributed by atoms with E-state index in [0.717, 1.165) is 67.5 Å². The number of nitrogens with zero attached hydrogens (tertiary/aromatic N) is 4. The number of pyridine rings is 1. The summed E-state index contributed by atoms with van der Waals surface area (Å²) in [5, 5.41) is 7.57. The van der Waals surface area contributed by atoms with Crippen molar-refractivity contribution in [3.8, 4) is 11.1 Å². The van der Waals surface area contributed by atoms with Crippen molar-refractivity contribution in [2.75, 3.05) is 18.4 Å². The second-order valence-corrected chi connectivity index (χ2v) is 9.14. The van der Waals surface area contributed by atoms with Crippen molar-refractivity contribution in [3.05, 3.63) is 65.6 Å². The summed E-state index contributed by atoms with van der Waals surface area (Å²) in [6.45, 7) is 4.26. The number of alkyl halides is 3. The van der Waals surface area contributed by atoms with Crippen molar-refractivity contribution in [1.82, 2.24) is 19.7 Å². The number of rotatable bonds is 8. The predicted octanol–water partition coefficient (Wildman–Crippen LogP) is 5.56. The van der Waals surface area contributed by atoms with Crippen LogP contribution in [0.4, 0.5) is 19.0 Å². The fourth-order valence-corrected chi connectivity index (χ4v) is 5.00. The van der Waals surface area contributed by atoms with Crippen LogP contribution < -0.4 is 5.32 Å². The first kappa shape index (κ1) is 24.9. The van der Waals surface area contributed by atoms with Crippen LogP contribution in [0.2, 0.25) is 0 Å². The topological polar surface area (TPSA) is 63.1 Å². The Bertz CT molecular complexity index is 1160. The molecule has 0 aliphatic carbocycles. The summed E-state index contributed by atoms with van der Waals surface area (Å²) < 4.78 is 40.4. The van der Waals surface area contributed by atoms with E-state index in [4.69, 9.17) is 0 Å². The molecule has 35 heavy (non-hydrogen) atoms. The average molecular weight is 486 g/mol. The third-order valence-corrected chi connectivity index (χ3v) is 7.00. The van der Waals surface area contributed by atoms with E-state index in [1.807, 2.05) is 25.4 Å². The van der Waals surface area contributed by atoms with Gasteiger partial charge in [-0.3, -0.25) is 14.4 Å². The lowest BCUT2D eigenvalue weighted by Crippen LogP contribution is -2.55. The first-order chi connectivity index (χ1) is 16.8. The van der Waals surface area contributed by atoms with Gasteiger partial charge in [0.05, 0.1) is 11.8 Å². The predicted molar refractivity (Wildman–Crippen MR) is 129 cm³/mol. The lowest BCUT2D eigenvalue weighted by atomic mass is 9.83. The summed E-state index contributed by atoms with van der Waals surface area (Å²) in [5.74, 6) is 0.426. The molecule has 1 N–H and O–H groups in total. The molecular formula is C26H30F3N5O. The quantitative estimate of drug-likeness (QED) is 0.423. The van der Waals surface area contributed by atoms with Crippen molar-refractivity contribution >= 4 is 12.1 Å². The third-order valence-electron chi connectivity index (χ3n) is 7.00. The van der Waals surface area contributed by atoms with Gasteiger partial charge >= 0.3 is 6.18 Å². The number of aromatic nitrogens is 3. The monoisotopic (exact) mass is 485 g/mol. The maximum atomic E-state index is 12.9. The number of halogens is 3. The number of aryl methyl sites for hydroxylation is 1. The average Bonchev–Trinajstić information content (AvgIpc) is 3.29. The van der Waals surface area contributed by atoms with Gasteiger partial charge < -0.3 is 5.32 Å². The molecule has 4 rings (SSSR count). The standard InChI is InChI=1S/C26H30F3N5O/c1-3-25(18-31-23-10-9-22(14-30-23)26(27,28)29)11-4-5-12-34(25)16-19-7-6-8-20(17-35)24(19)21-13-32-33(2)15-21/h6-10,13-15,17H,3-5,11-12,16,18H2,1-2H3,(H,30,31). The molecule has 0 saturated carbocycles. The van der Waals surface area contributed by atoms with Crippen LogP contribution in [0.15, 0.2) is 48.9 Å². The number of piperidine rings is 1. The van der Waals surface area contributed by atoms with E-state index in [0.29, 0.717) is 24.5 Å². The zero-order valence-corrected chi connectivity index (χ0v) is 20.0. The number of hydrogen-bond donors (Lipinski definition) is 1. The maximum Gasteiger partial charge on any atom is 0.417 e. The fourth-order valence-electron chi connectivity index (χ4n) is 5.00. The second kappa shape index (κ2) is 10.2. The Balaban J connectivity index is 1.59. The van der Waals surface area contributed by atoms with E-state index in [2.05, 4.69) is 33.3 Å². The number of benzene rings is 1. The minimum Gasteiger partial charge on any atom is -0.368 e. The molecule has 1 saturated heterocycles. The van der Waals surface area contributed by atoms with Crippen molar-refractivity contribution in [1.29, 1.82) is 0 Å². The van der Waals surface area contributed by atoms with Crippen LogP contribution in [-0.2, 0) is 19.8 Å². The first-order valence-corrected chi connectivity index (χ1v) is 11.8. The molecule has 0 bridgehead atoms. The molecular weight excluding hydrogens is 455 g/mol. The number of hydrogen-bond acceptors (Lipinski definition) is 5. The van der Waals surface area contributed by atoms with Crippen LogP contribution in [0, 0.1) is 0 Å². The van der Waals surface area contributed by atoms with Crippen LogP contribution in [0.25, 0.3) is 11.1 Å². The Morgan fingerprint density at radius 3 is 2.63 bits per heavy atom. The molecule has 9 heteroatoms. The summed E-state index contributed by atoms with van der Waals surface area (Å²) in [6, 6.07) is 8.21. The van der Waals surface area contributed by atoms with Gasteiger partial charge in [-0.2, -0.15) is 18.3 Å². The molecule has 0 radical (unpaired) electrons. The minimum absolute atomic E-state index is 0.188. The van der Waals surface area contributed by atoms with Crippen molar-refractivity contribution < 1.29 is 18.0 Å². The Labute approximate surface area is 203 Å². The van der Waals surface area contributed by atoms with Crippen molar-refractivity contribution in [2.45, 2.75) is 50.9 Å². The Kier molecular flexibility index (Phi) is 7.25. The van der Waals surface area contributed by atoms with Crippen molar-refractivity contribution in [3.63, 3.8) is 0 Å². The molecule has 3 aromatic rings. The molecule has 1 aromatic carbocycles. The normalized spacial score (nSPS) is 19.0. The number of carbonyl (C=O) groups excluding carboxylic acids is 1. The first-order valence-electron chi connectivity index (χ1n) is 11.8. The molecule has 1 aliphatic heterocycles. The van der Waals surface area contributed by atoms with Gasteiger partial charge in [0.2, 0.25) is 0 Å². The summed E-state index contributed by atoms with van der Waals surface area (Å²) >= 11 is 0. The van der Waals surface area contributed by atoms with E-state index in [1.54, 1.807) is 10.9 Å². The third kappa shape index (κ3) is 5.40. The second-order valence-electron chi connectivity index (χ2n) is 9.14. The van der Waals surface area contributed by atoms with Gasteiger partial charge in [-0.1, -0.05) is 31.5 Å². The van der Waals surface area contributed by atoms with Crippen LogP contribution >= 0.6 is 0 Å². The number of carbonyl (C=O) groups is 1. The molecule has 0 amide bonds. The van der Waals surface area contributed by atoms with Gasteiger partial charge in [0.15, 0.2) is 6.29 Å². The van der Waals surface area contributed by atoms with Gasteiger partial charge in [-0.05, 0) is 49.1 Å². The number of likely N-dealkylation sites (tertiary alicyclic amines) is 1. The Morgan fingerprint density at radius 1 is 1.17 bits per heavy atom. The Hall–Kier alpha value is -3.20. The molecule has 1 aliphatic rings. The van der Waals surface area contributed by atoms with Gasteiger partial charge in [0.1, 0.15) is 5.82 Å².